The smallest absolute Gasteiger partial charge is 0.147 e. The second kappa shape index (κ2) is 4.81. The molecule has 86 valence electrons. The summed E-state index contributed by atoms with van der Waals surface area (Å²) >= 11 is 0. The molecule has 1 aromatic heterocycles. The second-order valence-electron chi connectivity index (χ2n) is 3.81. The Morgan fingerprint density at radius 2 is 2.18 bits per heavy atom. The number of aliphatic hydroxyl groups excluding tert-OH is 1. The highest BCUT2D eigenvalue weighted by atomic mass is 16.3. The number of fused-ring (bicyclic) bond motifs is 1. The Bertz CT molecular complexity index is 574. The first kappa shape index (κ1) is 11.4. The van der Waals surface area contributed by atoms with E-state index in [0.29, 0.717) is 17.9 Å². The first-order valence-electron chi connectivity index (χ1n) is 5.38. The first-order valence-corrected chi connectivity index (χ1v) is 5.38. The van der Waals surface area contributed by atoms with E-state index in [9.17, 15) is 0 Å². The van der Waals surface area contributed by atoms with E-state index in [1.165, 1.54) is 0 Å². The summed E-state index contributed by atoms with van der Waals surface area (Å²) in [5, 5.41) is 19.0. The molecule has 0 aliphatic rings. The van der Waals surface area contributed by atoms with Crippen LogP contribution in [-0.2, 0) is 0 Å². The van der Waals surface area contributed by atoms with Crippen LogP contribution < -0.4 is 4.90 Å². The van der Waals surface area contributed by atoms with Crippen LogP contribution in [0.5, 0.6) is 0 Å². The van der Waals surface area contributed by atoms with Gasteiger partial charge in [0.2, 0.25) is 0 Å². The van der Waals surface area contributed by atoms with Crippen molar-refractivity contribution < 1.29 is 5.11 Å². The number of aromatic nitrogens is 1. The molecule has 17 heavy (non-hydrogen) atoms. The zero-order valence-corrected chi connectivity index (χ0v) is 9.59. The summed E-state index contributed by atoms with van der Waals surface area (Å²) in [7, 11) is 1.81. The molecule has 0 amide bonds. The van der Waals surface area contributed by atoms with Gasteiger partial charge in [-0.05, 0) is 12.1 Å². The van der Waals surface area contributed by atoms with Gasteiger partial charge >= 0.3 is 0 Å². The van der Waals surface area contributed by atoms with Gasteiger partial charge in [0.1, 0.15) is 11.9 Å². The van der Waals surface area contributed by atoms with Crippen molar-refractivity contribution in [2.24, 2.45) is 0 Å². The van der Waals surface area contributed by atoms with Crippen LogP contribution in [0.15, 0.2) is 30.3 Å². The fraction of sp³-hybridized carbons (Fsp3) is 0.231. The van der Waals surface area contributed by atoms with E-state index in [0.717, 1.165) is 10.9 Å². The van der Waals surface area contributed by atoms with Crippen LogP contribution in [0.25, 0.3) is 10.9 Å². The van der Waals surface area contributed by atoms with E-state index in [4.69, 9.17) is 10.4 Å². The van der Waals surface area contributed by atoms with Crippen LogP contribution in [-0.4, -0.2) is 30.3 Å². The number of hydrogen-bond acceptors (Lipinski definition) is 4. The van der Waals surface area contributed by atoms with Crippen LogP contribution in [0, 0.1) is 11.3 Å². The normalized spacial score (nSPS) is 10.2. The Labute approximate surface area is 99.7 Å². The molecule has 1 N–H and O–H groups in total. The third-order valence-electron chi connectivity index (χ3n) is 2.62. The van der Waals surface area contributed by atoms with Gasteiger partial charge in [0.25, 0.3) is 0 Å². The molecule has 0 saturated carbocycles. The predicted octanol–water partition coefficient (Wildman–Crippen LogP) is 1.53. The standard InChI is InChI=1S/C13H13N3O/c1-16(6-7-17)13-11(9-14)8-10-4-2-3-5-12(10)15-13/h2-5,8,17H,6-7H2,1H3. The van der Waals surface area contributed by atoms with E-state index in [1.807, 2.05) is 37.4 Å². The van der Waals surface area contributed by atoms with Crippen LogP contribution in [0.4, 0.5) is 5.82 Å². The summed E-state index contributed by atoms with van der Waals surface area (Å²) in [5.41, 5.74) is 1.38. The zero-order valence-electron chi connectivity index (χ0n) is 9.59. The van der Waals surface area contributed by atoms with E-state index in [2.05, 4.69) is 11.1 Å². The third kappa shape index (κ3) is 2.19. The maximum absolute atomic E-state index is 9.12. The van der Waals surface area contributed by atoms with Crippen molar-refractivity contribution in [2.75, 3.05) is 25.1 Å². The van der Waals surface area contributed by atoms with Gasteiger partial charge in [-0.25, -0.2) is 4.98 Å². The first-order chi connectivity index (χ1) is 8.26. The summed E-state index contributed by atoms with van der Waals surface area (Å²) in [4.78, 5) is 6.24. The molecule has 0 aliphatic heterocycles. The summed E-state index contributed by atoms with van der Waals surface area (Å²) < 4.78 is 0. The van der Waals surface area contributed by atoms with Crippen molar-refractivity contribution in [3.8, 4) is 6.07 Å². The number of likely N-dealkylation sites (N-methyl/N-ethyl adjacent to an activating group) is 1. The summed E-state index contributed by atoms with van der Waals surface area (Å²) in [6.45, 7) is 0.496. The van der Waals surface area contributed by atoms with Crippen LogP contribution in [0.3, 0.4) is 0 Å². The van der Waals surface area contributed by atoms with Crippen LogP contribution in [0.2, 0.25) is 0 Å². The van der Waals surface area contributed by atoms with E-state index in [-0.39, 0.29) is 6.61 Å². The van der Waals surface area contributed by atoms with Gasteiger partial charge in [-0.1, -0.05) is 18.2 Å². The van der Waals surface area contributed by atoms with Crippen molar-refractivity contribution in [1.29, 1.82) is 5.26 Å². The molecule has 0 radical (unpaired) electrons. The van der Waals surface area contributed by atoms with Gasteiger partial charge in [-0.15, -0.1) is 0 Å². The number of para-hydroxylation sites is 1. The number of anilines is 1. The second-order valence-corrected chi connectivity index (χ2v) is 3.81. The fourth-order valence-electron chi connectivity index (χ4n) is 1.73. The molecule has 0 spiro atoms. The average Bonchev–Trinajstić information content (AvgIpc) is 2.37. The molecule has 0 saturated heterocycles. The predicted molar refractivity (Wildman–Crippen MR) is 66.8 cm³/mol. The maximum atomic E-state index is 9.12. The Morgan fingerprint density at radius 1 is 1.41 bits per heavy atom. The lowest BCUT2D eigenvalue weighted by atomic mass is 10.1. The molecule has 1 heterocycles. The van der Waals surface area contributed by atoms with E-state index in [1.54, 1.807) is 4.90 Å². The minimum absolute atomic E-state index is 0.0376. The number of aliphatic hydroxyl groups is 1. The lowest BCUT2D eigenvalue weighted by Crippen LogP contribution is -2.23. The fourth-order valence-corrected chi connectivity index (χ4v) is 1.73. The average molecular weight is 227 g/mol. The van der Waals surface area contributed by atoms with Crippen molar-refractivity contribution >= 4 is 16.7 Å². The highest BCUT2D eigenvalue weighted by Crippen LogP contribution is 2.21. The Balaban J connectivity index is 2.57. The molecule has 1 aromatic carbocycles. The summed E-state index contributed by atoms with van der Waals surface area (Å²) in [6.07, 6.45) is 0. The quantitative estimate of drug-likeness (QED) is 0.864. The van der Waals surface area contributed by atoms with Gasteiger partial charge < -0.3 is 10.0 Å². The summed E-state index contributed by atoms with van der Waals surface area (Å²) in [5.74, 6) is 0.611. The maximum Gasteiger partial charge on any atom is 0.147 e. The van der Waals surface area contributed by atoms with Gasteiger partial charge in [-0.3, -0.25) is 0 Å². The Kier molecular flexibility index (Phi) is 3.22. The highest BCUT2D eigenvalue weighted by Gasteiger charge is 2.10. The van der Waals surface area contributed by atoms with Gasteiger partial charge in [0.15, 0.2) is 0 Å². The van der Waals surface area contributed by atoms with Crippen LogP contribution in [0.1, 0.15) is 5.56 Å². The molecule has 0 atom stereocenters. The monoisotopic (exact) mass is 227 g/mol. The molecule has 2 aromatic rings. The number of rotatable bonds is 3. The van der Waals surface area contributed by atoms with Gasteiger partial charge in [-0.2, -0.15) is 5.26 Å². The van der Waals surface area contributed by atoms with E-state index >= 15 is 0 Å². The summed E-state index contributed by atoms with van der Waals surface area (Å²) in [6, 6.07) is 11.6. The number of benzene rings is 1. The minimum atomic E-state index is 0.0376. The molecule has 4 heteroatoms. The SMILES string of the molecule is CN(CCO)c1nc2ccccc2cc1C#N. The van der Waals surface area contributed by atoms with Crippen molar-refractivity contribution in [3.05, 3.63) is 35.9 Å². The molecule has 0 bridgehead atoms. The van der Waals surface area contributed by atoms with Crippen LogP contribution >= 0.6 is 0 Å². The van der Waals surface area contributed by atoms with Crippen molar-refractivity contribution in [2.45, 2.75) is 0 Å². The number of pyridine rings is 1. The minimum Gasteiger partial charge on any atom is -0.395 e. The molecule has 4 nitrogen and oxygen atoms in total. The Hall–Kier alpha value is -2.12. The molecular weight excluding hydrogens is 214 g/mol. The van der Waals surface area contributed by atoms with Crippen molar-refractivity contribution in [1.82, 2.24) is 4.98 Å². The van der Waals surface area contributed by atoms with E-state index < -0.39 is 0 Å². The molecule has 0 aliphatic carbocycles. The van der Waals surface area contributed by atoms with Gasteiger partial charge in [0.05, 0.1) is 17.7 Å². The molecular formula is C13H13N3O. The highest BCUT2D eigenvalue weighted by molar-refractivity contribution is 5.82. The lowest BCUT2D eigenvalue weighted by Gasteiger charge is -2.18. The lowest BCUT2D eigenvalue weighted by molar-refractivity contribution is 0.304. The van der Waals surface area contributed by atoms with Gasteiger partial charge in [0, 0.05) is 19.0 Å². The Morgan fingerprint density at radius 3 is 2.88 bits per heavy atom. The molecule has 0 unspecified atom stereocenters. The number of nitrogens with zero attached hydrogens (tertiary/aromatic N) is 3. The largest absolute Gasteiger partial charge is 0.395 e. The number of hydrogen-bond donors (Lipinski definition) is 1. The van der Waals surface area contributed by atoms with Crippen molar-refractivity contribution in [3.63, 3.8) is 0 Å². The topological polar surface area (TPSA) is 60.1 Å². The third-order valence-corrected chi connectivity index (χ3v) is 2.62. The zero-order chi connectivity index (χ0) is 12.3. The molecule has 0 fully saturated rings. The molecule has 2 rings (SSSR count). The number of nitriles is 1.